The first-order valence-electron chi connectivity index (χ1n) is 8.76. The van der Waals surface area contributed by atoms with Crippen LogP contribution >= 0.6 is 11.6 Å². The molecule has 0 unspecified atom stereocenters. The van der Waals surface area contributed by atoms with Crippen molar-refractivity contribution in [2.75, 3.05) is 31.1 Å². The van der Waals surface area contributed by atoms with Crippen molar-refractivity contribution in [3.63, 3.8) is 0 Å². The van der Waals surface area contributed by atoms with Crippen LogP contribution in [0.15, 0.2) is 42.6 Å². The monoisotopic (exact) mass is 368 g/mol. The minimum absolute atomic E-state index is 0.0815. The number of halogens is 1. The number of fused-ring (bicyclic) bond motifs is 1. The second-order valence-corrected chi connectivity index (χ2v) is 7.10. The molecular formula is C20H21ClN4O. The molecule has 0 aliphatic carbocycles. The molecule has 3 heterocycles. The highest BCUT2D eigenvalue weighted by Gasteiger charge is 2.27. The molecule has 0 spiro atoms. The number of hydrogen-bond acceptors (Lipinski definition) is 3. The largest absolute Gasteiger partial charge is 0.353 e. The van der Waals surface area contributed by atoms with Crippen LogP contribution in [0.25, 0.3) is 10.9 Å². The Labute approximate surface area is 157 Å². The van der Waals surface area contributed by atoms with E-state index in [1.807, 2.05) is 59.8 Å². The number of anilines is 1. The van der Waals surface area contributed by atoms with E-state index >= 15 is 0 Å². The van der Waals surface area contributed by atoms with Gasteiger partial charge in [-0.15, -0.1) is 0 Å². The van der Waals surface area contributed by atoms with E-state index < -0.39 is 0 Å². The van der Waals surface area contributed by atoms with E-state index in [9.17, 15) is 4.79 Å². The second-order valence-electron chi connectivity index (χ2n) is 6.66. The fourth-order valence-electron chi connectivity index (χ4n) is 3.73. The van der Waals surface area contributed by atoms with Gasteiger partial charge >= 0.3 is 0 Å². The lowest BCUT2D eigenvalue weighted by Gasteiger charge is -2.35. The minimum atomic E-state index is 0.0815. The molecular weight excluding hydrogens is 348 g/mol. The van der Waals surface area contributed by atoms with Crippen LogP contribution in [0.2, 0.25) is 5.02 Å². The maximum atomic E-state index is 13.2. The summed E-state index contributed by atoms with van der Waals surface area (Å²) in [5.41, 5.74) is 2.76. The molecule has 0 N–H and O–H groups in total. The number of amides is 1. The molecule has 1 aromatic carbocycles. The fourth-order valence-corrected chi connectivity index (χ4v) is 3.91. The van der Waals surface area contributed by atoms with Crippen molar-refractivity contribution in [3.8, 4) is 0 Å². The predicted molar refractivity (Wildman–Crippen MR) is 105 cm³/mol. The summed E-state index contributed by atoms with van der Waals surface area (Å²) in [5.74, 6) is 1.05. The summed E-state index contributed by atoms with van der Waals surface area (Å²) in [7, 11) is 1.95. The standard InChI is InChI=1S/C20H21ClN4O/c1-14-16-13-15(21)6-7-17(16)23(2)19(14)20(26)25-11-9-24(10-12-25)18-5-3-4-8-22-18/h3-8,13H,9-12H2,1-2H3. The van der Waals surface area contributed by atoms with E-state index in [4.69, 9.17) is 11.6 Å². The van der Waals surface area contributed by atoms with Crippen molar-refractivity contribution >= 4 is 34.2 Å². The van der Waals surface area contributed by atoms with Gasteiger partial charge in [-0.05, 0) is 42.8 Å². The Hall–Kier alpha value is -2.53. The van der Waals surface area contributed by atoms with E-state index in [0.29, 0.717) is 18.1 Å². The average molecular weight is 369 g/mol. The first-order valence-corrected chi connectivity index (χ1v) is 9.14. The number of piperazine rings is 1. The van der Waals surface area contributed by atoms with Gasteiger partial charge in [-0.2, -0.15) is 0 Å². The van der Waals surface area contributed by atoms with E-state index in [1.165, 1.54) is 0 Å². The first kappa shape index (κ1) is 16.9. The Balaban J connectivity index is 1.57. The van der Waals surface area contributed by atoms with Gasteiger partial charge in [-0.25, -0.2) is 4.98 Å². The molecule has 0 saturated carbocycles. The van der Waals surface area contributed by atoms with Crippen LogP contribution in [-0.2, 0) is 7.05 Å². The number of pyridine rings is 1. The predicted octanol–water partition coefficient (Wildman–Crippen LogP) is 3.50. The zero-order valence-corrected chi connectivity index (χ0v) is 15.7. The third-order valence-corrected chi connectivity index (χ3v) is 5.39. The van der Waals surface area contributed by atoms with Crippen molar-refractivity contribution in [3.05, 3.63) is 58.9 Å². The van der Waals surface area contributed by atoms with Gasteiger partial charge in [0.1, 0.15) is 11.5 Å². The van der Waals surface area contributed by atoms with Gasteiger partial charge in [0.25, 0.3) is 5.91 Å². The Kier molecular flexibility index (Phi) is 4.32. The minimum Gasteiger partial charge on any atom is -0.353 e. The first-order chi connectivity index (χ1) is 12.6. The van der Waals surface area contributed by atoms with Gasteiger partial charge in [0.05, 0.1) is 0 Å². The van der Waals surface area contributed by atoms with Crippen LogP contribution in [0.4, 0.5) is 5.82 Å². The maximum Gasteiger partial charge on any atom is 0.270 e. The van der Waals surface area contributed by atoms with Crippen LogP contribution in [0.3, 0.4) is 0 Å². The number of carbonyl (C=O) groups excluding carboxylic acids is 1. The number of nitrogens with zero attached hydrogens (tertiary/aromatic N) is 4. The molecule has 1 amide bonds. The van der Waals surface area contributed by atoms with Gasteiger partial charge in [0.2, 0.25) is 0 Å². The average Bonchev–Trinajstić information content (AvgIpc) is 2.92. The molecule has 2 aromatic heterocycles. The number of rotatable bonds is 2. The van der Waals surface area contributed by atoms with Crippen molar-refractivity contribution in [2.24, 2.45) is 7.05 Å². The van der Waals surface area contributed by atoms with Crippen molar-refractivity contribution < 1.29 is 4.79 Å². The summed E-state index contributed by atoms with van der Waals surface area (Å²) in [5, 5.41) is 1.73. The lowest BCUT2D eigenvalue weighted by Crippen LogP contribution is -2.49. The molecule has 1 fully saturated rings. The van der Waals surface area contributed by atoms with Crippen molar-refractivity contribution in [1.29, 1.82) is 0 Å². The van der Waals surface area contributed by atoms with Gasteiger partial charge < -0.3 is 14.4 Å². The van der Waals surface area contributed by atoms with Crippen LogP contribution in [0.1, 0.15) is 16.1 Å². The zero-order chi connectivity index (χ0) is 18.3. The highest BCUT2D eigenvalue weighted by molar-refractivity contribution is 6.31. The number of hydrogen-bond donors (Lipinski definition) is 0. The van der Waals surface area contributed by atoms with E-state index in [-0.39, 0.29) is 5.91 Å². The summed E-state index contributed by atoms with van der Waals surface area (Å²) >= 11 is 6.14. The molecule has 26 heavy (non-hydrogen) atoms. The zero-order valence-electron chi connectivity index (χ0n) is 14.9. The molecule has 3 aromatic rings. The van der Waals surface area contributed by atoms with E-state index in [0.717, 1.165) is 41.1 Å². The molecule has 4 rings (SSSR count). The highest BCUT2D eigenvalue weighted by Crippen LogP contribution is 2.28. The number of aromatic nitrogens is 2. The molecule has 5 nitrogen and oxygen atoms in total. The van der Waals surface area contributed by atoms with Gasteiger partial charge in [0.15, 0.2) is 0 Å². The number of aryl methyl sites for hydroxylation is 2. The van der Waals surface area contributed by atoms with Crippen LogP contribution < -0.4 is 4.90 Å². The topological polar surface area (TPSA) is 41.4 Å². The summed E-state index contributed by atoms with van der Waals surface area (Å²) in [6.45, 7) is 4.96. The Bertz CT molecular complexity index is 959. The summed E-state index contributed by atoms with van der Waals surface area (Å²) in [4.78, 5) is 21.7. The third-order valence-electron chi connectivity index (χ3n) is 5.16. The Morgan fingerprint density at radius 1 is 1.12 bits per heavy atom. The quantitative estimate of drug-likeness (QED) is 0.695. The molecule has 6 heteroatoms. The van der Waals surface area contributed by atoms with Crippen LogP contribution in [0.5, 0.6) is 0 Å². The van der Waals surface area contributed by atoms with Crippen molar-refractivity contribution in [1.82, 2.24) is 14.5 Å². The van der Waals surface area contributed by atoms with Gasteiger partial charge in [-0.3, -0.25) is 4.79 Å². The smallest absolute Gasteiger partial charge is 0.270 e. The second kappa shape index (κ2) is 6.65. The van der Waals surface area contributed by atoms with Gasteiger partial charge in [0, 0.05) is 55.3 Å². The fraction of sp³-hybridized carbons (Fsp3) is 0.300. The van der Waals surface area contributed by atoms with Crippen LogP contribution in [0, 0.1) is 6.92 Å². The van der Waals surface area contributed by atoms with Crippen LogP contribution in [-0.4, -0.2) is 46.5 Å². The molecule has 1 aliphatic rings. The SMILES string of the molecule is Cc1c(C(=O)N2CCN(c3ccccn3)CC2)n(C)c2ccc(Cl)cc12. The normalized spacial score (nSPS) is 14.9. The lowest BCUT2D eigenvalue weighted by molar-refractivity contribution is 0.0736. The Morgan fingerprint density at radius 2 is 1.88 bits per heavy atom. The Morgan fingerprint density at radius 3 is 2.58 bits per heavy atom. The van der Waals surface area contributed by atoms with E-state index in [1.54, 1.807) is 6.20 Å². The molecule has 1 saturated heterocycles. The summed E-state index contributed by atoms with van der Waals surface area (Å²) in [6, 6.07) is 11.7. The van der Waals surface area contributed by atoms with Gasteiger partial charge in [-0.1, -0.05) is 17.7 Å². The lowest BCUT2D eigenvalue weighted by atomic mass is 10.1. The molecule has 0 atom stereocenters. The summed E-state index contributed by atoms with van der Waals surface area (Å²) < 4.78 is 1.98. The van der Waals surface area contributed by atoms with E-state index in [2.05, 4.69) is 9.88 Å². The molecule has 1 aliphatic heterocycles. The maximum absolute atomic E-state index is 13.2. The number of carbonyl (C=O) groups is 1. The molecule has 134 valence electrons. The van der Waals surface area contributed by atoms with Crippen molar-refractivity contribution in [2.45, 2.75) is 6.92 Å². The third kappa shape index (κ3) is 2.82. The molecule has 0 radical (unpaired) electrons. The molecule has 0 bridgehead atoms. The highest BCUT2D eigenvalue weighted by atomic mass is 35.5. The summed E-state index contributed by atoms with van der Waals surface area (Å²) in [6.07, 6.45) is 1.80. The number of benzene rings is 1.